The molecule has 3 heterocycles. The third kappa shape index (κ3) is 7.57. The topological polar surface area (TPSA) is 108 Å². The van der Waals surface area contributed by atoms with Crippen molar-refractivity contribution >= 4 is 34.7 Å². The molecule has 188 valence electrons. The molecular weight excluding hydrogens is 464 g/mol. The largest absolute Gasteiger partial charge is 0.355 e. The molecule has 2 aliphatic heterocycles. The quantitative estimate of drug-likeness (QED) is 0.579. The maximum absolute atomic E-state index is 12.9. The highest BCUT2D eigenvalue weighted by atomic mass is 32.1. The average Bonchev–Trinajstić information content (AvgIpc) is 3.23. The fourth-order valence-corrected chi connectivity index (χ4v) is 5.34. The normalized spacial score (nSPS) is 17.5. The molecule has 1 aromatic carbocycles. The highest BCUT2D eigenvalue weighted by Crippen LogP contribution is 2.23. The van der Waals surface area contributed by atoms with E-state index in [0.717, 1.165) is 43.8 Å². The van der Waals surface area contributed by atoms with E-state index >= 15 is 0 Å². The maximum Gasteiger partial charge on any atom is 0.286 e. The molecule has 2 N–H and O–H groups in total. The molecule has 0 radical (unpaired) electrons. The van der Waals surface area contributed by atoms with Gasteiger partial charge in [0, 0.05) is 38.3 Å². The van der Waals surface area contributed by atoms with Gasteiger partial charge in [0.1, 0.15) is 0 Å². The first-order valence-corrected chi connectivity index (χ1v) is 13.4. The summed E-state index contributed by atoms with van der Waals surface area (Å²) in [7, 11) is 0. The lowest BCUT2D eigenvalue weighted by molar-refractivity contribution is -0.122. The molecule has 9 nitrogen and oxygen atoms in total. The van der Waals surface area contributed by atoms with Gasteiger partial charge < -0.3 is 20.4 Å². The number of hydrogen-bond acceptors (Lipinski definition) is 7. The Morgan fingerprint density at radius 3 is 2.31 bits per heavy atom. The zero-order chi connectivity index (χ0) is 24.5. The SMILES string of the molecule is O=C(CC1CCN(C(=O)c2nnc(C(=O)Nc3ccccc3)s2)CC1)NCCN1CCCCCC1. The van der Waals surface area contributed by atoms with Gasteiger partial charge in [0.25, 0.3) is 11.8 Å². The summed E-state index contributed by atoms with van der Waals surface area (Å²) in [6, 6.07) is 9.09. The summed E-state index contributed by atoms with van der Waals surface area (Å²) in [5, 5.41) is 14.0. The van der Waals surface area contributed by atoms with Crippen LogP contribution >= 0.6 is 11.3 Å². The minimum absolute atomic E-state index is 0.0998. The van der Waals surface area contributed by atoms with Crippen LogP contribution in [0.4, 0.5) is 5.69 Å². The second-order valence-electron chi connectivity index (χ2n) is 9.28. The number of nitrogens with one attached hydrogen (secondary N) is 2. The van der Waals surface area contributed by atoms with Gasteiger partial charge in [-0.05, 0) is 56.8 Å². The van der Waals surface area contributed by atoms with Crippen LogP contribution in [0.5, 0.6) is 0 Å². The molecule has 0 atom stereocenters. The van der Waals surface area contributed by atoms with Crippen molar-refractivity contribution in [3.05, 3.63) is 40.3 Å². The second kappa shape index (κ2) is 12.7. The van der Waals surface area contributed by atoms with Crippen LogP contribution in [-0.2, 0) is 4.79 Å². The lowest BCUT2D eigenvalue weighted by atomic mass is 9.93. The molecule has 2 aliphatic rings. The van der Waals surface area contributed by atoms with E-state index in [1.165, 1.54) is 25.7 Å². The Labute approximate surface area is 210 Å². The van der Waals surface area contributed by atoms with Gasteiger partial charge >= 0.3 is 0 Å². The summed E-state index contributed by atoms with van der Waals surface area (Å²) in [6.45, 7) is 5.05. The first-order valence-electron chi connectivity index (χ1n) is 12.6. The van der Waals surface area contributed by atoms with Gasteiger partial charge in [-0.15, -0.1) is 10.2 Å². The van der Waals surface area contributed by atoms with Gasteiger partial charge in [-0.3, -0.25) is 14.4 Å². The molecule has 35 heavy (non-hydrogen) atoms. The van der Waals surface area contributed by atoms with E-state index in [0.29, 0.717) is 31.7 Å². The molecule has 0 spiro atoms. The van der Waals surface area contributed by atoms with Crippen LogP contribution in [0.25, 0.3) is 0 Å². The molecule has 2 fully saturated rings. The Hall–Kier alpha value is -2.85. The Balaban J connectivity index is 1.17. The van der Waals surface area contributed by atoms with E-state index in [1.54, 1.807) is 17.0 Å². The fraction of sp³-hybridized carbons (Fsp3) is 0.560. The molecule has 2 aromatic rings. The number of hydrogen-bond donors (Lipinski definition) is 2. The van der Waals surface area contributed by atoms with Crippen molar-refractivity contribution in [3.8, 4) is 0 Å². The number of likely N-dealkylation sites (tertiary alicyclic amines) is 2. The standard InChI is InChI=1S/C25H34N6O3S/c32-21(26-12-17-30-13-6-1-2-7-14-30)18-19-10-15-31(16-11-19)25(34)24-29-28-23(35-24)22(33)27-20-8-4-3-5-9-20/h3-5,8-9,19H,1-2,6-7,10-18H2,(H,26,32)(H,27,33). The van der Waals surface area contributed by atoms with Crippen LogP contribution in [0.15, 0.2) is 30.3 Å². The monoisotopic (exact) mass is 498 g/mol. The van der Waals surface area contributed by atoms with Crippen LogP contribution in [0.3, 0.4) is 0 Å². The Bertz CT molecular complexity index is 982. The van der Waals surface area contributed by atoms with Crippen LogP contribution in [0, 0.1) is 5.92 Å². The Kier molecular flexibility index (Phi) is 9.19. The summed E-state index contributed by atoms with van der Waals surface area (Å²) in [6.07, 6.45) is 7.21. The van der Waals surface area contributed by atoms with Gasteiger partial charge in [-0.2, -0.15) is 0 Å². The van der Waals surface area contributed by atoms with Crippen molar-refractivity contribution in [2.75, 3.05) is 44.6 Å². The molecule has 0 bridgehead atoms. The minimum Gasteiger partial charge on any atom is -0.355 e. The van der Waals surface area contributed by atoms with Gasteiger partial charge in [-0.25, -0.2) is 0 Å². The van der Waals surface area contributed by atoms with Gasteiger partial charge in [0.15, 0.2) is 0 Å². The summed E-state index contributed by atoms with van der Waals surface area (Å²) >= 11 is 1.00. The first-order chi connectivity index (χ1) is 17.1. The summed E-state index contributed by atoms with van der Waals surface area (Å²) in [5.74, 6) is -0.211. The lowest BCUT2D eigenvalue weighted by Gasteiger charge is -2.31. The third-order valence-corrected chi connectivity index (χ3v) is 7.57. The van der Waals surface area contributed by atoms with Crippen LogP contribution in [0.2, 0.25) is 0 Å². The molecule has 10 heteroatoms. The number of piperidine rings is 1. The number of rotatable bonds is 8. The smallest absolute Gasteiger partial charge is 0.286 e. The number of para-hydroxylation sites is 1. The Morgan fingerprint density at radius 1 is 0.914 bits per heavy atom. The summed E-state index contributed by atoms with van der Waals surface area (Å²) < 4.78 is 0. The van der Waals surface area contributed by atoms with Crippen molar-refractivity contribution in [1.29, 1.82) is 0 Å². The molecule has 0 saturated carbocycles. The third-order valence-electron chi connectivity index (χ3n) is 6.66. The van der Waals surface area contributed by atoms with E-state index in [2.05, 4.69) is 25.7 Å². The number of carbonyl (C=O) groups excluding carboxylic acids is 3. The first kappa shape index (κ1) is 25.2. The molecule has 0 aliphatic carbocycles. The van der Waals surface area contributed by atoms with E-state index < -0.39 is 0 Å². The molecule has 1 aromatic heterocycles. The number of amides is 3. The fourth-order valence-electron chi connectivity index (χ4n) is 4.63. The molecule has 3 amide bonds. The predicted octanol–water partition coefficient (Wildman–Crippen LogP) is 3.02. The molecular formula is C25H34N6O3S. The summed E-state index contributed by atoms with van der Waals surface area (Å²) in [5.41, 5.74) is 0.661. The summed E-state index contributed by atoms with van der Waals surface area (Å²) in [4.78, 5) is 41.8. The maximum atomic E-state index is 12.9. The molecule has 4 rings (SSSR count). The predicted molar refractivity (Wildman–Crippen MR) is 135 cm³/mol. The Morgan fingerprint density at radius 2 is 1.60 bits per heavy atom. The van der Waals surface area contributed by atoms with Gasteiger partial charge in [-0.1, -0.05) is 42.4 Å². The highest BCUT2D eigenvalue weighted by molar-refractivity contribution is 7.15. The zero-order valence-corrected chi connectivity index (χ0v) is 20.9. The average molecular weight is 499 g/mol. The molecule has 0 unspecified atom stereocenters. The van der Waals surface area contributed by atoms with Crippen molar-refractivity contribution in [3.63, 3.8) is 0 Å². The van der Waals surface area contributed by atoms with Crippen LogP contribution in [0.1, 0.15) is 64.6 Å². The van der Waals surface area contributed by atoms with Crippen LogP contribution < -0.4 is 10.6 Å². The zero-order valence-electron chi connectivity index (χ0n) is 20.1. The number of benzene rings is 1. The van der Waals surface area contributed by atoms with E-state index in [-0.39, 0.29) is 33.7 Å². The number of nitrogens with zero attached hydrogens (tertiary/aromatic N) is 4. The van der Waals surface area contributed by atoms with Crippen molar-refractivity contribution < 1.29 is 14.4 Å². The van der Waals surface area contributed by atoms with E-state index in [1.807, 2.05) is 18.2 Å². The lowest BCUT2D eigenvalue weighted by Crippen LogP contribution is -2.40. The van der Waals surface area contributed by atoms with E-state index in [4.69, 9.17) is 0 Å². The van der Waals surface area contributed by atoms with Crippen molar-refractivity contribution in [1.82, 2.24) is 25.3 Å². The van der Waals surface area contributed by atoms with E-state index in [9.17, 15) is 14.4 Å². The van der Waals surface area contributed by atoms with Crippen molar-refractivity contribution in [2.45, 2.75) is 44.9 Å². The number of aromatic nitrogens is 2. The van der Waals surface area contributed by atoms with Crippen molar-refractivity contribution in [2.24, 2.45) is 5.92 Å². The second-order valence-corrected chi connectivity index (χ2v) is 10.3. The minimum atomic E-state index is -0.381. The number of carbonyl (C=O) groups is 3. The van der Waals surface area contributed by atoms with Gasteiger partial charge in [0.05, 0.1) is 0 Å². The molecule has 2 saturated heterocycles. The number of anilines is 1. The highest BCUT2D eigenvalue weighted by Gasteiger charge is 2.28. The van der Waals surface area contributed by atoms with Gasteiger partial charge in [0.2, 0.25) is 15.9 Å². The van der Waals surface area contributed by atoms with Crippen LogP contribution in [-0.4, -0.2) is 77.0 Å².